The summed E-state index contributed by atoms with van der Waals surface area (Å²) >= 11 is 0. The molecule has 25 heavy (non-hydrogen) atoms. The van der Waals surface area contributed by atoms with E-state index in [1.807, 2.05) is 25.1 Å². The first-order valence-corrected chi connectivity index (χ1v) is 8.73. The first kappa shape index (κ1) is 15.9. The first-order valence-electron chi connectivity index (χ1n) is 8.73. The number of amides is 1. The Labute approximate surface area is 147 Å². The van der Waals surface area contributed by atoms with Crippen molar-refractivity contribution in [1.29, 1.82) is 0 Å². The predicted octanol–water partition coefficient (Wildman–Crippen LogP) is 3.10. The maximum absolute atomic E-state index is 12.7. The Morgan fingerprint density at radius 1 is 1.36 bits per heavy atom. The molecule has 1 atom stereocenters. The van der Waals surface area contributed by atoms with E-state index in [0.717, 1.165) is 28.6 Å². The number of hydrogen-bond acceptors (Lipinski definition) is 4. The maximum Gasteiger partial charge on any atom is 0.252 e. The molecule has 1 aromatic heterocycles. The molecule has 130 valence electrons. The van der Waals surface area contributed by atoms with E-state index < -0.39 is 0 Å². The summed E-state index contributed by atoms with van der Waals surface area (Å²) in [5, 5.41) is 4.41. The van der Waals surface area contributed by atoms with Gasteiger partial charge < -0.3 is 15.0 Å². The zero-order valence-corrected chi connectivity index (χ0v) is 14.9. The van der Waals surface area contributed by atoms with Gasteiger partial charge in [-0.3, -0.25) is 9.78 Å². The van der Waals surface area contributed by atoms with E-state index in [2.05, 4.69) is 31.3 Å². The summed E-state index contributed by atoms with van der Waals surface area (Å²) in [5.74, 6) is 0.511. The van der Waals surface area contributed by atoms with Crippen LogP contribution >= 0.6 is 0 Å². The van der Waals surface area contributed by atoms with E-state index in [1.165, 1.54) is 0 Å². The molecule has 0 spiro atoms. The second-order valence-electron chi connectivity index (χ2n) is 7.63. The number of ether oxygens (including phenoxy) is 1. The summed E-state index contributed by atoms with van der Waals surface area (Å²) in [7, 11) is 0. The number of carbonyl (C=O) groups is 1. The molecule has 0 saturated carbocycles. The number of rotatable bonds is 1. The minimum atomic E-state index is -0.0724. The van der Waals surface area contributed by atoms with Gasteiger partial charge in [0.2, 0.25) is 0 Å². The van der Waals surface area contributed by atoms with E-state index in [0.29, 0.717) is 19.0 Å². The number of hydrogen-bond donors (Lipinski definition) is 1. The van der Waals surface area contributed by atoms with Crippen LogP contribution in [0.5, 0.6) is 0 Å². The molecule has 2 aromatic rings. The van der Waals surface area contributed by atoms with Crippen molar-refractivity contribution in [3.63, 3.8) is 0 Å². The Bertz CT molecular complexity index is 828. The summed E-state index contributed by atoms with van der Waals surface area (Å²) in [4.78, 5) is 19.2. The van der Waals surface area contributed by atoms with Crippen LogP contribution in [0.4, 0.5) is 0 Å². The monoisotopic (exact) mass is 337 g/mol. The largest absolute Gasteiger partial charge is 0.476 e. The molecule has 0 bridgehead atoms. The number of carbonyl (C=O) groups excluding carboxylic acids is 1. The standard InChI is InChI=1S/C20H23N3O2/c1-13-10-20(2,3)22-18(25-13)9-19(24)23-11-15-8-14-6-4-5-7-16(14)21-17(15)12-23/h4-9,13,22H,10-12H2,1-3H3. The highest BCUT2D eigenvalue weighted by Crippen LogP contribution is 2.27. The van der Waals surface area contributed by atoms with Gasteiger partial charge in [0.05, 0.1) is 29.9 Å². The lowest BCUT2D eigenvalue weighted by molar-refractivity contribution is -0.127. The van der Waals surface area contributed by atoms with Crippen LogP contribution in [0.2, 0.25) is 0 Å². The summed E-state index contributed by atoms with van der Waals surface area (Å²) in [6.07, 6.45) is 2.57. The van der Waals surface area contributed by atoms with Crippen molar-refractivity contribution in [1.82, 2.24) is 15.2 Å². The average molecular weight is 337 g/mol. The van der Waals surface area contributed by atoms with Gasteiger partial charge in [-0.15, -0.1) is 0 Å². The fraction of sp³-hybridized carbons (Fsp3) is 0.400. The van der Waals surface area contributed by atoms with Gasteiger partial charge in [0, 0.05) is 23.9 Å². The van der Waals surface area contributed by atoms with Crippen LogP contribution in [0.25, 0.3) is 10.9 Å². The van der Waals surface area contributed by atoms with Crippen LogP contribution in [0.3, 0.4) is 0 Å². The number of benzene rings is 1. The highest BCUT2D eigenvalue weighted by Gasteiger charge is 2.30. The highest BCUT2D eigenvalue weighted by molar-refractivity contribution is 5.89. The molecule has 4 rings (SSSR count). The lowest BCUT2D eigenvalue weighted by atomic mass is 9.96. The molecular formula is C20H23N3O2. The number of nitrogens with one attached hydrogen (secondary N) is 1. The van der Waals surface area contributed by atoms with Gasteiger partial charge in [0.15, 0.2) is 5.88 Å². The Morgan fingerprint density at radius 3 is 2.96 bits per heavy atom. The maximum atomic E-state index is 12.7. The average Bonchev–Trinajstić information content (AvgIpc) is 2.93. The minimum Gasteiger partial charge on any atom is -0.476 e. The fourth-order valence-corrected chi connectivity index (χ4v) is 3.74. The van der Waals surface area contributed by atoms with Gasteiger partial charge in [-0.2, -0.15) is 0 Å². The number of fused-ring (bicyclic) bond motifs is 2. The Kier molecular flexibility index (Phi) is 3.67. The number of pyridine rings is 1. The molecule has 0 aliphatic carbocycles. The van der Waals surface area contributed by atoms with Crippen molar-refractivity contribution in [3.05, 3.63) is 53.5 Å². The molecule has 3 heterocycles. The third kappa shape index (κ3) is 3.18. The summed E-state index contributed by atoms with van der Waals surface area (Å²) in [6.45, 7) is 7.40. The molecule has 1 saturated heterocycles. The molecule has 1 N–H and O–H groups in total. The topological polar surface area (TPSA) is 54.5 Å². The SMILES string of the molecule is CC1CC(C)(C)NC(=CC(=O)N2Cc3cc4ccccc4nc3C2)O1. The Balaban J connectivity index is 1.54. The molecule has 1 unspecified atom stereocenters. The quantitative estimate of drug-likeness (QED) is 0.813. The minimum absolute atomic E-state index is 0.0468. The van der Waals surface area contributed by atoms with Gasteiger partial charge in [-0.05, 0) is 38.5 Å². The summed E-state index contributed by atoms with van der Waals surface area (Å²) in [5.41, 5.74) is 3.01. The van der Waals surface area contributed by atoms with Crippen LogP contribution in [0.1, 0.15) is 38.4 Å². The molecule has 1 fully saturated rings. The van der Waals surface area contributed by atoms with Gasteiger partial charge in [-0.1, -0.05) is 18.2 Å². The van der Waals surface area contributed by atoms with Crippen LogP contribution in [-0.4, -0.2) is 27.4 Å². The highest BCUT2D eigenvalue weighted by atomic mass is 16.5. The van der Waals surface area contributed by atoms with Gasteiger partial charge in [0.1, 0.15) is 0 Å². The fourth-order valence-electron chi connectivity index (χ4n) is 3.74. The van der Waals surface area contributed by atoms with Crippen molar-refractivity contribution >= 4 is 16.8 Å². The molecule has 2 aliphatic rings. The zero-order valence-electron chi connectivity index (χ0n) is 14.9. The van der Waals surface area contributed by atoms with E-state index in [1.54, 1.807) is 11.0 Å². The Hall–Kier alpha value is -2.56. The van der Waals surface area contributed by atoms with Crippen LogP contribution < -0.4 is 5.32 Å². The zero-order chi connectivity index (χ0) is 17.6. The van der Waals surface area contributed by atoms with Gasteiger partial charge in [0.25, 0.3) is 5.91 Å². The lowest BCUT2D eigenvalue weighted by Gasteiger charge is -2.37. The summed E-state index contributed by atoms with van der Waals surface area (Å²) < 4.78 is 5.78. The van der Waals surface area contributed by atoms with Crippen LogP contribution in [-0.2, 0) is 22.6 Å². The second kappa shape index (κ2) is 5.76. The molecule has 1 amide bonds. The number of nitrogens with zero attached hydrogens (tertiary/aromatic N) is 2. The summed E-state index contributed by atoms with van der Waals surface area (Å²) in [6, 6.07) is 10.2. The molecular weight excluding hydrogens is 314 g/mol. The molecule has 5 nitrogen and oxygen atoms in total. The third-order valence-electron chi connectivity index (χ3n) is 4.75. The molecule has 1 aromatic carbocycles. The lowest BCUT2D eigenvalue weighted by Crippen LogP contribution is -2.47. The Morgan fingerprint density at radius 2 is 2.16 bits per heavy atom. The van der Waals surface area contributed by atoms with Crippen molar-refractivity contribution in [2.24, 2.45) is 0 Å². The van der Waals surface area contributed by atoms with Crippen LogP contribution in [0, 0.1) is 0 Å². The first-order chi connectivity index (χ1) is 11.9. The van der Waals surface area contributed by atoms with E-state index in [-0.39, 0.29) is 17.6 Å². The molecule has 0 radical (unpaired) electrons. The molecule has 2 aliphatic heterocycles. The second-order valence-corrected chi connectivity index (χ2v) is 7.63. The molecule has 5 heteroatoms. The number of para-hydroxylation sites is 1. The van der Waals surface area contributed by atoms with E-state index in [4.69, 9.17) is 9.72 Å². The van der Waals surface area contributed by atoms with Crippen molar-refractivity contribution in [2.45, 2.75) is 51.9 Å². The van der Waals surface area contributed by atoms with Crippen molar-refractivity contribution in [2.75, 3.05) is 0 Å². The van der Waals surface area contributed by atoms with Crippen molar-refractivity contribution in [3.8, 4) is 0 Å². The smallest absolute Gasteiger partial charge is 0.252 e. The predicted molar refractivity (Wildman–Crippen MR) is 96.5 cm³/mol. The number of aromatic nitrogens is 1. The van der Waals surface area contributed by atoms with Crippen LogP contribution in [0.15, 0.2) is 42.3 Å². The third-order valence-corrected chi connectivity index (χ3v) is 4.75. The van der Waals surface area contributed by atoms with E-state index in [9.17, 15) is 4.79 Å². The van der Waals surface area contributed by atoms with Gasteiger partial charge in [-0.25, -0.2) is 0 Å². The van der Waals surface area contributed by atoms with Crippen molar-refractivity contribution < 1.29 is 9.53 Å². The van der Waals surface area contributed by atoms with Gasteiger partial charge >= 0.3 is 0 Å². The van der Waals surface area contributed by atoms with E-state index >= 15 is 0 Å². The normalized spacial score (nSPS) is 23.2.